The van der Waals surface area contributed by atoms with Crippen LogP contribution in [0.1, 0.15) is 17.2 Å². The van der Waals surface area contributed by atoms with E-state index in [4.69, 9.17) is 16.7 Å². The van der Waals surface area contributed by atoms with Crippen molar-refractivity contribution in [2.75, 3.05) is 0 Å². The van der Waals surface area contributed by atoms with Crippen LogP contribution in [-0.4, -0.2) is 17.5 Å². The van der Waals surface area contributed by atoms with Gasteiger partial charge in [-0.15, -0.1) is 0 Å². The number of hydrogen-bond acceptors (Lipinski definition) is 1. The van der Waals surface area contributed by atoms with Gasteiger partial charge in [-0.2, -0.15) is 26.3 Å². The largest absolute Gasteiger partial charge is 0.418 e. The molecule has 0 radical (unpaired) electrons. The summed E-state index contributed by atoms with van der Waals surface area (Å²) in [5, 5.41) is 8.64. The standard InChI is InChI=1S/C10H7ClF6O/c11-7-2-5(4-9(12,13)14)1-6(3-7)8(18)10(15,16)17/h1-3,8,18H,4H2. The van der Waals surface area contributed by atoms with Crippen molar-refractivity contribution in [2.24, 2.45) is 0 Å². The predicted molar refractivity (Wildman–Crippen MR) is 52.2 cm³/mol. The van der Waals surface area contributed by atoms with Crippen LogP contribution < -0.4 is 0 Å². The Labute approximate surface area is 103 Å². The summed E-state index contributed by atoms with van der Waals surface area (Å²) in [5.41, 5.74) is -1.15. The lowest BCUT2D eigenvalue weighted by molar-refractivity contribution is -0.206. The third-order valence-corrected chi connectivity index (χ3v) is 2.23. The smallest absolute Gasteiger partial charge is 0.379 e. The van der Waals surface area contributed by atoms with Gasteiger partial charge >= 0.3 is 12.4 Å². The van der Waals surface area contributed by atoms with Crippen molar-refractivity contribution < 1.29 is 31.4 Å². The molecule has 1 atom stereocenters. The summed E-state index contributed by atoms with van der Waals surface area (Å²) in [5.74, 6) is 0. The molecule has 0 fully saturated rings. The fraction of sp³-hybridized carbons (Fsp3) is 0.400. The molecule has 0 spiro atoms. The van der Waals surface area contributed by atoms with Crippen LogP contribution >= 0.6 is 11.6 Å². The summed E-state index contributed by atoms with van der Waals surface area (Å²) < 4.78 is 73.0. The zero-order valence-electron chi connectivity index (χ0n) is 8.61. The molecule has 0 saturated heterocycles. The van der Waals surface area contributed by atoms with E-state index < -0.39 is 36.0 Å². The fourth-order valence-electron chi connectivity index (χ4n) is 1.36. The van der Waals surface area contributed by atoms with Gasteiger partial charge in [-0.3, -0.25) is 0 Å². The zero-order valence-corrected chi connectivity index (χ0v) is 9.37. The molecule has 8 heteroatoms. The van der Waals surface area contributed by atoms with Crippen molar-refractivity contribution >= 4 is 11.6 Å². The Balaban J connectivity index is 3.09. The molecule has 1 N–H and O–H groups in total. The minimum Gasteiger partial charge on any atom is -0.379 e. The van der Waals surface area contributed by atoms with Crippen LogP contribution in [0, 0.1) is 0 Å². The number of alkyl halides is 6. The van der Waals surface area contributed by atoms with Crippen LogP contribution in [-0.2, 0) is 6.42 Å². The molecule has 0 aromatic heterocycles. The quantitative estimate of drug-likeness (QED) is 0.816. The van der Waals surface area contributed by atoms with Gasteiger partial charge in [-0.25, -0.2) is 0 Å². The Hall–Kier alpha value is -0.950. The number of benzene rings is 1. The van der Waals surface area contributed by atoms with Gasteiger partial charge in [0.15, 0.2) is 6.10 Å². The molecule has 0 aliphatic rings. The maximum Gasteiger partial charge on any atom is 0.418 e. The molecular formula is C10H7ClF6O. The van der Waals surface area contributed by atoms with Gasteiger partial charge in [0.2, 0.25) is 0 Å². The number of aliphatic hydroxyl groups is 1. The van der Waals surface area contributed by atoms with E-state index in [-0.39, 0.29) is 5.02 Å². The maximum absolute atomic E-state index is 12.2. The van der Waals surface area contributed by atoms with Crippen molar-refractivity contribution in [2.45, 2.75) is 24.9 Å². The highest BCUT2D eigenvalue weighted by Gasteiger charge is 2.40. The van der Waals surface area contributed by atoms with Crippen LogP contribution in [0.25, 0.3) is 0 Å². The summed E-state index contributed by atoms with van der Waals surface area (Å²) in [6.07, 6.45) is -13.8. The topological polar surface area (TPSA) is 20.2 Å². The molecule has 18 heavy (non-hydrogen) atoms. The highest BCUT2D eigenvalue weighted by Crippen LogP contribution is 2.34. The summed E-state index contributed by atoms with van der Waals surface area (Å²) in [6.45, 7) is 0. The SMILES string of the molecule is OC(c1cc(Cl)cc(CC(F)(F)F)c1)C(F)(F)F. The van der Waals surface area contributed by atoms with E-state index in [9.17, 15) is 26.3 Å². The first kappa shape index (κ1) is 15.1. The van der Waals surface area contributed by atoms with Crippen molar-refractivity contribution in [3.8, 4) is 0 Å². The van der Waals surface area contributed by atoms with Crippen LogP contribution in [0.2, 0.25) is 5.02 Å². The molecular weight excluding hydrogens is 286 g/mol. The van der Waals surface area contributed by atoms with Crippen molar-refractivity contribution in [1.82, 2.24) is 0 Å². The van der Waals surface area contributed by atoms with Crippen LogP contribution in [0.5, 0.6) is 0 Å². The number of aliphatic hydroxyl groups excluding tert-OH is 1. The molecule has 0 amide bonds. The molecule has 1 nitrogen and oxygen atoms in total. The van der Waals surface area contributed by atoms with E-state index in [1.54, 1.807) is 0 Å². The summed E-state index contributed by atoms with van der Waals surface area (Å²) in [7, 11) is 0. The van der Waals surface area contributed by atoms with Gasteiger partial charge in [0, 0.05) is 5.02 Å². The molecule has 0 bridgehead atoms. The van der Waals surface area contributed by atoms with Crippen molar-refractivity contribution in [3.63, 3.8) is 0 Å². The first-order valence-electron chi connectivity index (χ1n) is 4.60. The van der Waals surface area contributed by atoms with Crippen molar-refractivity contribution in [1.29, 1.82) is 0 Å². The van der Waals surface area contributed by atoms with E-state index in [2.05, 4.69) is 0 Å². The second kappa shape index (κ2) is 4.97. The van der Waals surface area contributed by atoms with Gasteiger partial charge in [-0.05, 0) is 23.3 Å². The lowest BCUT2D eigenvalue weighted by atomic mass is 10.0. The predicted octanol–water partition coefficient (Wildman–Crippen LogP) is 4.04. The maximum atomic E-state index is 12.2. The Morgan fingerprint density at radius 1 is 1.06 bits per heavy atom. The van der Waals surface area contributed by atoms with Gasteiger partial charge in [0.1, 0.15) is 0 Å². The minimum atomic E-state index is -4.96. The van der Waals surface area contributed by atoms with E-state index in [1.165, 1.54) is 0 Å². The number of rotatable bonds is 2. The van der Waals surface area contributed by atoms with Crippen LogP contribution in [0.3, 0.4) is 0 Å². The first-order valence-corrected chi connectivity index (χ1v) is 4.98. The molecule has 1 aromatic carbocycles. The van der Waals surface area contributed by atoms with Gasteiger partial charge in [0.25, 0.3) is 0 Å². The lowest BCUT2D eigenvalue weighted by Gasteiger charge is -2.16. The third kappa shape index (κ3) is 4.38. The van der Waals surface area contributed by atoms with E-state index in [1.807, 2.05) is 0 Å². The Morgan fingerprint density at radius 3 is 2.06 bits per heavy atom. The Kier molecular flexibility index (Phi) is 4.17. The van der Waals surface area contributed by atoms with Crippen molar-refractivity contribution in [3.05, 3.63) is 34.3 Å². The van der Waals surface area contributed by atoms with Crippen LogP contribution in [0.4, 0.5) is 26.3 Å². The van der Waals surface area contributed by atoms with Gasteiger partial charge < -0.3 is 5.11 Å². The first-order chi connectivity index (χ1) is 7.99. The highest BCUT2D eigenvalue weighted by atomic mass is 35.5. The molecule has 0 aliphatic carbocycles. The van der Waals surface area contributed by atoms with Crippen LogP contribution in [0.15, 0.2) is 18.2 Å². The van der Waals surface area contributed by atoms with Gasteiger partial charge in [-0.1, -0.05) is 17.7 Å². The second-order valence-electron chi connectivity index (χ2n) is 3.63. The minimum absolute atomic E-state index is 0.296. The fourth-order valence-corrected chi connectivity index (χ4v) is 1.62. The summed E-state index contributed by atoms with van der Waals surface area (Å²) >= 11 is 5.43. The van der Waals surface area contributed by atoms with E-state index >= 15 is 0 Å². The van der Waals surface area contributed by atoms with Gasteiger partial charge in [0.05, 0.1) is 6.42 Å². The van der Waals surface area contributed by atoms with E-state index in [0.29, 0.717) is 6.07 Å². The molecule has 0 aliphatic heterocycles. The average molecular weight is 293 g/mol. The number of halogens is 7. The normalized spacial score (nSPS) is 14.7. The summed E-state index contributed by atoms with van der Waals surface area (Å²) in [4.78, 5) is 0. The zero-order chi connectivity index (χ0) is 14.1. The van der Waals surface area contributed by atoms with E-state index in [0.717, 1.165) is 12.1 Å². The molecule has 0 saturated carbocycles. The average Bonchev–Trinajstić information content (AvgIpc) is 2.11. The molecule has 1 rings (SSSR count). The highest BCUT2D eigenvalue weighted by molar-refractivity contribution is 6.30. The second-order valence-corrected chi connectivity index (χ2v) is 4.07. The summed E-state index contributed by atoms with van der Waals surface area (Å²) in [6, 6.07) is 2.32. The Bertz CT molecular complexity index is 425. The lowest BCUT2D eigenvalue weighted by Crippen LogP contribution is -2.20. The number of hydrogen-bond donors (Lipinski definition) is 1. The monoisotopic (exact) mass is 292 g/mol. The Morgan fingerprint density at radius 2 is 1.61 bits per heavy atom. The molecule has 0 heterocycles. The molecule has 102 valence electrons. The third-order valence-electron chi connectivity index (χ3n) is 2.01. The molecule has 1 aromatic rings. The molecule has 1 unspecified atom stereocenters.